The fourth-order valence-corrected chi connectivity index (χ4v) is 8.18. The van der Waals surface area contributed by atoms with Crippen LogP contribution in [0.15, 0.2) is 115 Å². The molecule has 8 unspecified atom stereocenters. The molecule has 0 aliphatic rings. The minimum atomic E-state index is -2.51. The van der Waals surface area contributed by atoms with Gasteiger partial charge >= 0.3 is 17.9 Å². The van der Waals surface area contributed by atoms with E-state index in [9.17, 15) is 58.5 Å². The quantitative estimate of drug-likeness (QED) is 0.0208. The average Bonchev–Trinajstić information content (AvgIpc) is 3.39. The summed E-state index contributed by atoms with van der Waals surface area (Å²) in [5, 5.41) is 37.7. The highest BCUT2D eigenvalue weighted by Gasteiger charge is 2.54. The third-order valence-electron chi connectivity index (χ3n) is 11.9. The fourth-order valence-electron chi connectivity index (χ4n) is 7.45. The molecule has 0 aliphatic heterocycles. The van der Waals surface area contributed by atoms with Gasteiger partial charge < -0.3 is 58.5 Å². The Morgan fingerprint density at radius 3 is 1.75 bits per heavy atom. The van der Waals surface area contributed by atoms with Gasteiger partial charge in [-0.3, -0.25) is 34.1 Å². The lowest BCUT2D eigenvalue weighted by Crippen LogP contribution is -2.68. The Morgan fingerprint density at radius 2 is 1.25 bits per heavy atom. The minimum absolute atomic E-state index is 0.0191. The van der Waals surface area contributed by atoms with Crippen molar-refractivity contribution in [3.05, 3.63) is 138 Å². The molecule has 0 spiro atoms. The normalized spacial score (nSPS) is 14.5. The highest BCUT2D eigenvalue weighted by molar-refractivity contribution is 7.80. The maximum absolute atomic E-state index is 13.6. The SMILES string of the molecule is CCC(C)C(NC(=O)C(Cc1ccc(O)cc1)NC(=O)C(CS)NC(C(=O)OCc1ccccc1)c1ccccc1)C(=O)O.NC(=O)CCC(N)C(=O)C(CS)(C(=O)O)N(Cc1ccccc1)C(=O)C(N)CC(N)=O. The molecule has 14 N–H and O–H groups in total. The maximum atomic E-state index is 13.6. The lowest BCUT2D eigenvalue weighted by atomic mass is 9.86. The van der Waals surface area contributed by atoms with Gasteiger partial charge in [-0.05, 0) is 46.7 Å². The Labute approximate surface area is 445 Å². The van der Waals surface area contributed by atoms with Crippen molar-refractivity contribution in [3.8, 4) is 5.75 Å². The molecule has 0 radical (unpaired) electrons. The Morgan fingerprint density at radius 1 is 0.707 bits per heavy atom. The largest absolute Gasteiger partial charge is 0.508 e. The number of carboxylic acid groups (broad SMARTS) is 2. The van der Waals surface area contributed by atoms with Gasteiger partial charge in [0.1, 0.15) is 30.5 Å². The Balaban J connectivity index is 0.000000421. The Bertz CT molecular complexity index is 2550. The number of aromatic hydroxyl groups is 1. The van der Waals surface area contributed by atoms with E-state index in [1.807, 2.05) is 37.3 Å². The van der Waals surface area contributed by atoms with Crippen molar-refractivity contribution in [2.24, 2.45) is 28.9 Å². The molecular weight excluding hydrogens is 1010 g/mol. The first-order valence-electron chi connectivity index (χ1n) is 23.6. The van der Waals surface area contributed by atoms with Crippen LogP contribution in [0.3, 0.4) is 0 Å². The molecule has 0 aromatic heterocycles. The standard InChI is InChI=1S/C33H39N3O7S.C19H27N5O6S/c1-3-21(2)28(32(40)41)36-30(38)26(18-22-14-16-25(37)17-15-22)35-31(39)27(20-44)34-29(24-12-8-5-9-13-24)33(42)43-19-23-10-6-4-7-11-23;20-12(6-7-14(22)25)16(27)19(10-31,18(29)30)24(9-11-4-2-1-3-5-11)17(28)13(21)8-15(23)26/h4-17,21,26-29,34,37,44H,3,18-20H2,1-2H3,(H,35,39)(H,36,38)(H,40,41);1-5,12-13,31H,6-10,20-21H2,(H2,22,25)(H2,23,26)(H,29,30). The number of esters is 1. The van der Waals surface area contributed by atoms with Gasteiger partial charge in [-0.25, -0.2) is 14.4 Å². The second kappa shape index (κ2) is 30.8. The number of phenols is 1. The van der Waals surface area contributed by atoms with Crippen LogP contribution in [0, 0.1) is 5.92 Å². The van der Waals surface area contributed by atoms with Crippen LogP contribution in [-0.2, 0) is 67.5 Å². The molecule has 4 rings (SSSR count). The Kier molecular flexibility index (Phi) is 25.4. The highest BCUT2D eigenvalue weighted by Crippen LogP contribution is 2.27. The van der Waals surface area contributed by atoms with Crippen molar-refractivity contribution in [1.82, 2.24) is 20.9 Å². The predicted molar refractivity (Wildman–Crippen MR) is 283 cm³/mol. The summed E-state index contributed by atoms with van der Waals surface area (Å²) >= 11 is 8.39. The molecule has 5 amide bonds. The molecule has 0 aliphatic carbocycles. The molecule has 4 aromatic carbocycles. The van der Waals surface area contributed by atoms with E-state index in [0.717, 1.165) is 10.5 Å². The number of hydrogen-bond acceptors (Lipinski definition) is 16. The number of nitrogens with two attached hydrogens (primary N) is 4. The zero-order chi connectivity index (χ0) is 55.8. The van der Waals surface area contributed by atoms with Gasteiger partial charge in [-0.1, -0.05) is 123 Å². The lowest BCUT2D eigenvalue weighted by molar-refractivity contribution is -0.164. The van der Waals surface area contributed by atoms with Crippen molar-refractivity contribution in [2.45, 2.75) is 101 Å². The molecule has 0 saturated heterocycles. The van der Waals surface area contributed by atoms with Crippen LogP contribution in [0.4, 0.5) is 0 Å². The van der Waals surface area contributed by atoms with E-state index in [1.165, 1.54) is 12.1 Å². The number of phenolic OH excluding ortho intramolecular Hbond substituents is 1. The number of nitrogens with one attached hydrogen (secondary N) is 3. The van der Waals surface area contributed by atoms with E-state index in [2.05, 4.69) is 41.2 Å². The number of ketones is 1. The number of amides is 5. The molecule has 404 valence electrons. The third kappa shape index (κ3) is 18.8. The number of carbonyl (C=O) groups excluding carboxylic acids is 7. The average molecular weight is 1080 g/mol. The van der Waals surface area contributed by atoms with E-state index in [-0.39, 0.29) is 49.8 Å². The second-order valence-corrected chi connectivity index (χ2v) is 18.1. The smallest absolute Gasteiger partial charge is 0.338 e. The minimum Gasteiger partial charge on any atom is -0.508 e. The van der Waals surface area contributed by atoms with Gasteiger partial charge in [0.05, 0.1) is 24.5 Å². The van der Waals surface area contributed by atoms with E-state index in [0.29, 0.717) is 23.1 Å². The molecule has 8 atom stereocenters. The summed E-state index contributed by atoms with van der Waals surface area (Å²) in [5.41, 5.74) is 21.8. The number of primary amides is 2. The number of Topliss-reactive ketones (excluding diaryl/α,β-unsaturated/α-hetero) is 1. The van der Waals surface area contributed by atoms with E-state index >= 15 is 0 Å². The van der Waals surface area contributed by atoms with Crippen LogP contribution < -0.4 is 38.9 Å². The summed E-state index contributed by atoms with van der Waals surface area (Å²) in [6.07, 6.45) is -0.515. The van der Waals surface area contributed by atoms with Gasteiger partial charge in [0.2, 0.25) is 35.1 Å². The number of ether oxygens (including phenoxy) is 1. The number of rotatable bonds is 29. The van der Waals surface area contributed by atoms with Gasteiger partial charge in [0, 0.05) is 30.9 Å². The van der Waals surface area contributed by atoms with Crippen LogP contribution in [0.25, 0.3) is 0 Å². The van der Waals surface area contributed by atoms with E-state index in [4.69, 9.17) is 27.7 Å². The highest BCUT2D eigenvalue weighted by atomic mass is 32.1. The number of benzene rings is 4. The summed E-state index contributed by atoms with van der Waals surface area (Å²) in [6, 6.07) is 25.1. The number of carboxylic acids is 2. The van der Waals surface area contributed by atoms with Crippen molar-refractivity contribution in [1.29, 1.82) is 0 Å². The summed E-state index contributed by atoms with van der Waals surface area (Å²) in [4.78, 5) is 114. The molecule has 21 nitrogen and oxygen atoms in total. The topological polar surface area (TPSA) is 367 Å². The first kappa shape index (κ1) is 62.0. The van der Waals surface area contributed by atoms with Crippen LogP contribution in [0.5, 0.6) is 5.75 Å². The fraction of sp³-hybridized carbons (Fsp3) is 0.365. The van der Waals surface area contributed by atoms with Crippen LogP contribution in [0.2, 0.25) is 0 Å². The third-order valence-corrected chi connectivity index (χ3v) is 12.7. The molecular formula is C52H66N8O13S2. The molecule has 4 aromatic rings. The van der Waals surface area contributed by atoms with Crippen molar-refractivity contribution < 1.29 is 63.2 Å². The summed E-state index contributed by atoms with van der Waals surface area (Å²) in [6.45, 7) is 3.25. The number of thiol groups is 2. The van der Waals surface area contributed by atoms with Gasteiger partial charge in [-0.2, -0.15) is 25.3 Å². The first-order chi connectivity index (χ1) is 35.6. The summed E-state index contributed by atoms with van der Waals surface area (Å²) in [5.74, 6) is -9.40. The van der Waals surface area contributed by atoms with Gasteiger partial charge in [0.15, 0.2) is 5.78 Å². The molecule has 23 heteroatoms. The van der Waals surface area contributed by atoms with Crippen molar-refractivity contribution >= 4 is 78.5 Å². The Hall–Kier alpha value is -7.31. The number of nitrogens with zero attached hydrogens (tertiary/aromatic N) is 1. The zero-order valence-corrected chi connectivity index (χ0v) is 43.2. The summed E-state index contributed by atoms with van der Waals surface area (Å²) < 4.78 is 5.58. The maximum Gasteiger partial charge on any atom is 0.338 e. The van der Waals surface area contributed by atoms with Gasteiger partial charge in [-0.15, -0.1) is 0 Å². The monoisotopic (exact) mass is 1070 g/mol. The molecule has 0 heterocycles. The van der Waals surface area contributed by atoms with Crippen molar-refractivity contribution in [3.63, 3.8) is 0 Å². The molecule has 75 heavy (non-hydrogen) atoms. The molecule has 0 bridgehead atoms. The molecule has 0 fully saturated rings. The van der Waals surface area contributed by atoms with Crippen molar-refractivity contribution in [2.75, 3.05) is 11.5 Å². The second-order valence-electron chi connectivity index (χ2n) is 17.5. The van der Waals surface area contributed by atoms with Crippen LogP contribution in [0.1, 0.15) is 67.8 Å². The number of hydrogen-bond donors (Lipinski definition) is 12. The molecule has 0 saturated carbocycles. The van der Waals surface area contributed by atoms with Crippen LogP contribution in [-0.4, -0.2) is 121 Å². The predicted octanol–water partition coefficient (Wildman–Crippen LogP) is 1.54. The summed E-state index contributed by atoms with van der Waals surface area (Å²) in [7, 11) is 0. The van der Waals surface area contributed by atoms with E-state index in [1.54, 1.807) is 79.7 Å². The van der Waals surface area contributed by atoms with Gasteiger partial charge in [0.25, 0.3) is 0 Å². The lowest BCUT2D eigenvalue weighted by Gasteiger charge is -2.41. The van der Waals surface area contributed by atoms with E-state index < -0.39 is 107 Å². The first-order valence-corrected chi connectivity index (χ1v) is 24.9. The van der Waals surface area contributed by atoms with Crippen LogP contribution >= 0.6 is 25.3 Å². The number of aliphatic carboxylic acids is 2. The zero-order valence-electron chi connectivity index (χ0n) is 41.5. The number of carbonyl (C=O) groups is 9.